The van der Waals surface area contributed by atoms with Gasteiger partial charge >= 0.3 is 0 Å². The quantitative estimate of drug-likeness (QED) is 0.453. The summed E-state index contributed by atoms with van der Waals surface area (Å²) in [6.07, 6.45) is 8.01. The number of unbranched alkanes of at least 4 members (excludes halogenated alkanes) is 5. The lowest BCUT2D eigenvalue weighted by Crippen LogP contribution is -2.39. The summed E-state index contributed by atoms with van der Waals surface area (Å²) in [7, 11) is 0. The first-order chi connectivity index (χ1) is 8.00. The zero-order valence-electron chi connectivity index (χ0n) is 11.1. The highest BCUT2D eigenvalue weighted by molar-refractivity contribution is 5.99. The Balaban J connectivity index is 3.79. The van der Waals surface area contributed by atoms with E-state index in [0.717, 1.165) is 19.3 Å². The van der Waals surface area contributed by atoms with Gasteiger partial charge in [0.05, 0.1) is 0 Å². The van der Waals surface area contributed by atoms with Gasteiger partial charge in [-0.15, -0.1) is 0 Å². The van der Waals surface area contributed by atoms with E-state index >= 15 is 0 Å². The molecule has 0 aromatic rings. The summed E-state index contributed by atoms with van der Waals surface area (Å²) in [5.74, 6) is -2.06. The fourth-order valence-corrected chi connectivity index (χ4v) is 2.11. The van der Waals surface area contributed by atoms with Crippen LogP contribution in [0.15, 0.2) is 0 Å². The fourth-order valence-electron chi connectivity index (χ4n) is 2.11. The van der Waals surface area contributed by atoms with Crippen LogP contribution in [0.3, 0.4) is 0 Å². The lowest BCUT2D eigenvalue weighted by atomic mass is 9.88. The fraction of sp³-hybridized carbons (Fsp3) is 0.846. The van der Waals surface area contributed by atoms with E-state index in [9.17, 15) is 9.59 Å². The summed E-state index contributed by atoms with van der Waals surface area (Å²) in [5.41, 5.74) is 10.3. The Labute approximate surface area is 104 Å². The predicted molar refractivity (Wildman–Crippen MR) is 69.0 cm³/mol. The van der Waals surface area contributed by atoms with Crippen molar-refractivity contribution in [2.75, 3.05) is 0 Å². The molecular formula is C13H26N2O2. The lowest BCUT2D eigenvalue weighted by Gasteiger charge is -2.17. The molecule has 0 radical (unpaired) electrons. The Morgan fingerprint density at radius 1 is 0.941 bits per heavy atom. The Morgan fingerprint density at radius 3 is 1.88 bits per heavy atom. The van der Waals surface area contributed by atoms with Gasteiger partial charge in [-0.2, -0.15) is 0 Å². The molecule has 0 aromatic heterocycles. The van der Waals surface area contributed by atoms with E-state index < -0.39 is 17.7 Å². The van der Waals surface area contributed by atoms with Gasteiger partial charge in [-0.05, 0) is 12.3 Å². The Bertz CT molecular complexity index is 228. The third-order valence-electron chi connectivity index (χ3n) is 3.20. The summed E-state index contributed by atoms with van der Waals surface area (Å²) < 4.78 is 0. The van der Waals surface area contributed by atoms with E-state index in [2.05, 4.69) is 6.92 Å². The third-order valence-corrected chi connectivity index (χ3v) is 3.20. The first kappa shape index (κ1) is 15.9. The lowest BCUT2D eigenvalue weighted by molar-refractivity contribution is -0.133. The number of carbonyl (C=O) groups is 2. The minimum absolute atomic E-state index is 0.0452. The number of hydrogen-bond acceptors (Lipinski definition) is 2. The summed E-state index contributed by atoms with van der Waals surface area (Å²) in [6, 6.07) is 0. The van der Waals surface area contributed by atoms with Crippen LogP contribution in [-0.2, 0) is 9.59 Å². The second-order valence-electron chi connectivity index (χ2n) is 4.82. The topological polar surface area (TPSA) is 86.2 Å². The van der Waals surface area contributed by atoms with Crippen LogP contribution in [0.4, 0.5) is 0 Å². The minimum Gasteiger partial charge on any atom is -0.369 e. The maximum Gasteiger partial charge on any atom is 0.230 e. The highest BCUT2D eigenvalue weighted by atomic mass is 16.2. The van der Waals surface area contributed by atoms with Gasteiger partial charge in [0.2, 0.25) is 11.8 Å². The summed E-state index contributed by atoms with van der Waals surface area (Å²) in [5, 5.41) is 0. The van der Waals surface area contributed by atoms with Gasteiger partial charge < -0.3 is 11.5 Å². The Kier molecular flexibility index (Phi) is 8.46. The molecule has 4 N–H and O–H groups in total. The van der Waals surface area contributed by atoms with Crippen LogP contribution in [0.5, 0.6) is 0 Å². The van der Waals surface area contributed by atoms with E-state index in [1.54, 1.807) is 0 Å². The second-order valence-corrected chi connectivity index (χ2v) is 4.82. The van der Waals surface area contributed by atoms with Crippen LogP contribution in [0.25, 0.3) is 0 Å². The highest BCUT2D eigenvalue weighted by Crippen LogP contribution is 2.19. The first-order valence-electron chi connectivity index (χ1n) is 6.59. The zero-order chi connectivity index (χ0) is 13.3. The molecule has 0 rings (SSSR count). The summed E-state index contributed by atoms with van der Waals surface area (Å²) in [4.78, 5) is 22.2. The molecule has 4 nitrogen and oxygen atoms in total. The number of carbonyl (C=O) groups excluding carboxylic acids is 2. The SMILES string of the molecule is CCCCCCCCC(C)C(C(N)=O)C(N)=O. The average molecular weight is 242 g/mol. The van der Waals surface area contributed by atoms with Gasteiger partial charge in [0.15, 0.2) is 0 Å². The molecule has 0 aliphatic carbocycles. The highest BCUT2D eigenvalue weighted by Gasteiger charge is 2.27. The van der Waals surface area contributed by atoms with Crippen LogP contribution in [0.2, 0.25) is 0 Å². The van der Waals surface area contributed by atoms with Crippen molar-refractivity contribution in [3.63, 3.8) is 0 Å². The van der Waals surface area contributed by atoms with Crippen molar-refractivity contribution >= 4 is 11.8 Å². The van der Waals surface area contributed by atoms with Gasteiger partial charge in [-0.25, -0.2) is 0 Å². The summed E-state index contributed by atoms with van der Waals surface area (Å²) >= 11 is 0. The molecule has 0 aromatic carbocycles. The molecule has 0 spiro atoms. The molecule has 1 atom stereocenters. The zero-order valence-corrected chi connectivity index (χ0v) is 11.1. The van der Waals surface area contributed by atoms with E-state index in [4.69, 9.17) is 11.5 Å². The first-order valence-corrected chi connectivity index (χ1v) is 6.59. The molecule has 0 heterocycles. The van der Waals surface area contributed by atoms with Crippen molar-refractivity contribution in [1.29, 1.82) is 0 Å². The van der Waals surface area contributed by atoms with Crippen molar-refractivity contribution < 1.29 is 9.59 Å². The number of rotatable bonds is 10. The van der Waals surface area contributed by atoms with Crippen LogP contribution in [-0.4, -0.2) is 11.8 Å². The third kappa shape index (κ3) is 6.97. The van der Waals surface area contributed by atoms with Crippen molar-refractivity contribution in [1.82, 2.24) is 0 Å². The van der Waals surface area contributed by atoms with Crippen molar-refractivity contribution in [2.24, 2.45) is 23.3 Å². The molecule has 0 saturated carbocycles. The molecule has 0 fully saturated rings. The van der Waals surface area contributed by atoms with Gasteiger partial charge in [0.25, 0.3) is 0 Å². The van der Waals surface area contributed by atoms with E-state index in [1.807, 2.05) is 6.92 Å². The van der Waals surface area contributed by atoms with E-state index in [0.29, 0.717) is 0 Å². The maximum atomic E-state index is 11.1. The van der Waals surface area contributed by atoms with Gasteiger partial charge in [0.1, 0.15) is 5.92 Å². The Hall–Kier alpha value is -1.06. The molecular weight excluding hydrogens is 216 g/mol. The largest absolute Gasteiger partial charge is 0.369 e. The van der Waals surface area contributed by atoms with Crippen molar-refractivity contribution in [2.45, 2.75) is 58.8 Å². The molecule has 17 heavy (non-hydrogen) atoms. The van der Waals surface area contributed by atoms with Crippen LogP contribution < -0.4 is 11.5 Å². The van der Waals surface area contributed by atoms with Gasteiger partial charge in [0, 0.05) is 0 Å². The molecule has 100 valence electrons. The predicted octanol–water partition coefficient (Wildman–Crippen LogP) is 1.96. The van der Waals surface area contributed by atoms with E-state index in [-0.39, 0.29) is 5.92 Å². The molecule has 0 bridgehead atoms. The maximum absolute atomic E-state index is 11.1. The molecule has 2 amide bonds. The number of hydrogen-bond donors (Lipinski definition) is 2. The average Bonchev–Trinajstić information content (AvgIpc) is 2.22. The van der Waals surface area contributed by atoms with E-state index in [1.165, 1.54) is 25.7 Å². The number of amides is 2. The van der Waals surface area contributed by atoms with Crippen molar-refractivity contribution in [3.05, 3.63) is 0 Å². The Morgan fingerprint density at radius 2 is 1.41 bits per heavy atom. The van der Waals surface area contributed by atoms with Gasteiger partial charge in [-0.1, -0.05) is 52.4 Å². The standard InChI is InChI=1S/C13H26N2O2/c1-3-4-5-6-7-8-9-10(2)11(12(14)16)13(15)17/h10-11H,3-9H2,1-2H3,(H2,14,16)(H2,15,17). The monoisotopic (exact) mass is 242 g/mol. The molecule has 0 aliphatic heterocycles. The normalized spacial score (nSPS) is 12.6. The van der Waals surface area contributed by atoms with Gasteiger partial charge in [-0.3, -0.25) is 9.59 Å². The number of primary amides is 2. The van der Waals surface area contributed by atoms with Crippen LogP contribution in [0.1, 0.15) is 58.8 Å². The van der Waals surface area contributed by atoms with Crippen LogP contribution in [0, 0.1) is 11.8 Å². The number of nitrogens with two attached hydrogens (primary N) is 2. The van der Waals surface area contributed by atoms with Crippen LogP contribution >= 0.6 is 0 Å². The molecule has 1 unspecified atom stereocenters. The van der Waals surface area contributed by atoms with Crippen molar-refractivity contribution in [3.8, 4) is 0 Å². The summed E-state index contributed by atoms with van der Waals surface area (Å²) in [6.45, 7) is 4.05. The molecule has 0 aliphatic rings. The second kappa shape index (κ2) is 9.02. The molecule has 4 heteroatoms. The smallest absolute Gasteiger partial charge is 0.230 e. The minimum atomic E-state index is -0.814. The molecule has 0 saturated heterocycles.